The number of benzene rings is 1. The molecule has 1 heterocycles. The highest BCUT2D eigenvalue weighted by Gasteiger charge is 2.21. The van der Waals surface area contributed by atoms with Crippen molar-refractivity contribution in [3.8, 4) is 0 Å². The monoisotopic (exact) mass is 421 g/mol. The van der Waals surface area contributed by atoms with Gasteiger partial charge < -0.3 is 15.0 Å². The summed E-state index contributed by atoms with van der Waals surface area (Å²) in [4.78, 5) is 38.3. The molecular formula is C19H23N3O6S. The standard InChI is InChI=1S/C19H23N3O6S/c1-3-22(4-2)29(26,27)15-9-7-14(8-10-15)19(25)21-12-18(24)28-13-17(23)16-6-5-11-20-16/h5-11,20H,3-4,12-13H2,1-2H3,(H,21,25). The van der Waals surface area contributed by atoms with E-state index in [4.69, 9.17) is 4.74 Å². The van der Waals surface area contributed by atoms with E-state index in [1.807, 2.05) is 0 Å². The molecule has 0 fully saturated rings. The van der Waals surface area contributed by atoms with Gasteiger partial charge in [0.2, 0.25) is 15.8 Å². The van der Waals surface area contributed by atoms with Gasteiger partial charge in [-0.05, 0) is 36.4 Å². The van der Waals surface area contributed by atoms with Crippen molar-refractivity contribution in [2.75, 3.05) is 26.2 Å². The molecule has 2 aromatic rings. The quantitative estimate of drug-likeness (QED) is 0.439. The number of aromatic amines is 1. The second-order valence-electron chi connectivity index (χ2n) is 5.96. The molecule has 1 aromatic heterocycles. The number of nitrogens with zero attached hydrogens (tertiary/aromatic N) is 1. The van der Waals surface area contributed by atoms with Gasteiger partial charge in [0.05, 0.1) is 10.6 Å². The van der Waals surface area contributed by atoms with Gasteiger partial charge in [-0.2, -0.15) is 4.31 Å². The summed E-state index contributed by atoms with van der Waals surface area (Å²) in [6.07, 6.45) is 1.58. The maximum absolute atomic E-state index is 12.4. The molecule has 0 spiro atoms. The first-order valence-corrected chi connectivity index (χ1v) is 10.4. The molecule has 1 aromatic carbocycles. The molecule has 156 valence electrons. The molecule has 0 unspecified atom stereocenters. The minimum Gasteiger partial charge on any atom is -0.456 e. The molecule has 10 heteroatoms. The Morgan fingerprint density at radius 3 is 2.28 bits per heavy atom. The van der Waals surface area contributed by atoms with Crippen LogP contribution >= 0.6 is 0 Å². The van der Waals surface area contributed by atoms with Gasteiger partial charge >= 0.3 is 5.97 Å². The third kappa shape index (κ3) is 5.75. The van der Waals surface area contributed by atoms with Crippen molar-refractivity contribution >= 4 is 27.7 Å². The smallest absolute Gasteiger partial charge is 0.325 e. The number of H-pyrrole nitrogens is 1. The van der Waals surface area contributed by atoms with Crippen molar-refractivity contribution in [3.63, 3.8) is 0 Å². The van der Waals surface area contributed by atoms with Crippen molar-refractivity contribution < 1.29 is 27.5 Å². The zero-order valence-electron chi connectivity index (χ0n) is 16.2. The largest absolute Gasteiger partial charge is 0.456 e. The molecule has 0 bridgehead atoms. The van der Waals surface area contributed by atoms with Gasteiger partial charge in [-0.15, -0.1) is 0 Å². The molecule has 0 aliphatic carbocycles. The molecule has 9 nitrogen and oxygen atoms in total. The Hall–Kier alpha value is -2.98. The average Bonchev–Trinajstić information content (AvgIpc) is 3.26. The van der Waals surface area contributed by atoms with Crippen LogP contribution in [0.1, 0.15) is 34.7 Å². The van der Waals surface area contributed by atoms with Crippen molar-refractivity contribution in [2.45, 2.75) is 18.7 Å². The molecule has 0 aliphatic rings. The maximum atomic E-state index is 12.4. The summed E-state index contributed by atoms with van der Waals surface area (Å²) >= 11 is 0. The van der Waals surface area contributed by atoms with Crippen molar-refractivity contribution in [3.05, 3.63) is 53.9 Å². The van der Waals surface area contributed by atoms with E-state index in [9.17, 15) is 22.8 Å². The van der Waals surface area contributed by atoms with Crippen LogP contribution in [0.5, 0.6) is 0 Å². The Kier molecular flexibility index (Phi) is 7.68. The molecule has 0 atom stereocenters. The van der Waals surface area contributed by atoms with Gasteiger partial charge in [0.15, 0.2) is 6.61 Å². The van der Waals surface area contributed by atoms with Gasteiger partial charge in [0.1, 0.15) is 6.54 Å². The summed E-state index contributed by atoms with van der Waals surface area (Å²) < 4.78 is 31.0. The Morgan fingerprint density at radius 2 is 1.72 bits per heavy atom. The molecule has 0 radical (unpaired) electrons. The van der Waals surface area contributed by atoms with Gasteiger partial charge in [-0.1, -0.05) is 13.8 Å². The SMILES string of the molecule is CCN(CC)S(=O)(=O)c1ccc(C(=O)NCC(=O)OCC(=O)c2ccc[nH]2)cc1. The van der Waals surface area contributed by atoms with Crippen LogP contribution in [-0.4, -0.2) is 61.6 Å². The lowest BCUT2D eigenvalue weighted by atomic mass is 10.2. The number of Topliss-reactive ketones (excluding diaryl/α,β-unsaturated/α-hetero) is 1. The number of hydrogen-bond acceptors (Lipinski definition) is 6. The third-order valence-corrected chi connectivity index (χ3v) is 6.18. The Labute approximate surface area is 169 Å². The molecule has 0 aliphatic heterocycles. The number of carbonyl (C=O) groups is 3. The van der Waals surface area contributed by atoms with Gasteiger partial charge in [-0.25, -0.2) is 8.42 Å². The van der Waals surface area contributed by atoms with E-state index in [2.05, 4.69) is 10.3 Å². The van der Waals surface area contributed by atoms with Crippen LogP contribution in [0.2, 0.25) is 0 Å². The topological polar surface area (TPSA) is 126 Å². The number of amides is 1. The summed E-state index contributed by atoms with van der Waals surface area (Å²) in [7, 11) is -3.61. The number of ketones is 1. The van der Waals surface area contributed by atoms with Gasteiger partial charge in [-0.3, -0.25) is 14.4 Å². The van der Waals surface area contributed by atoms with E-state index in [0.29, 0.717) is 18.8 Å². The lowest BCUT2D eigenvalue weighted by Gasteiger charge is -2.18. The molecular weight excluding hydrogens is 398 g/mol. The van der Waals surface area contributed by atoms with Crippen LogP contribution in [0.25, 0.3) is 0 Å². The number of carbonyl (C=O) groups excluding carboxylic acids is 3. The molecule has 0 saturated heterocycles. The summed E-state index contributed by atoms with van der Waals surface area (Å²) in [6.45, 7) is 3.32. The van der Waals surface area contributed by atoms with Gasteiger partial charge in [0.25, 0.3) is 5.91 Å². The molecule has 0 saturated carbocycles. The first kappa shape index (κ1) is 22.3. The van der Waals surface area contributed by atoms with Crippen LogP contribution in [-0.2, 0) is 19.6 Å². The molecule has 1 amide bonds. The Balaban J connectivity index is 1.87. The minimum absolute atomic E-state index is 0.0833. The highest BCUT2D eigenvalue weighted by Crippen LogP contribution is 2.16. The van der Waals surface area contributed by atoms with Crippen LogP contribution in [0.4, 0.5) is 0 Å². The van der Waals surface area contributed by atoms with Crippen LogP contribution in [0.15, 0.2) is 47.5 Å². The van der Waals surface area contributed by atoms with E-state index < -0.39 is 35.1 Å². The predicted octanol–water partition coefficient (Wildman–Crippen LogP) is 1.20. The van der Waals surface area contributed by atoms with E-state index in [1.165, 1.54) is 28.6 Å². The van der Waals surface area contributed by atoms with Crippen LogP contribution in [0.3, 0.4) is 0 Å². The number of aromatic nitrogens is 1. The fraction of sp³-hybridized carbons (Fsp3) is 0.316. The van der Waals surface area contributed by atoms with Crippen molar-refractivity contribution in [1.82, 2.24) is 14.6 Å². The summed E-state index contributed by atoms with van der Waals surface area (Å²) in [5.74, 6) is -1.72. The van der Waals surface area contributed by atoms with Gasteiger partial charge in [0, 0.05) is 24.8 Å². The number of nitrogens with one attached hydrogen (secondary N) is 2. The fourth-order valence-corrected chi connectivity index (χ4v) is 3.98. The molecule has 2 N–H and O–H groups in total. The van der Waals surface area contributed by atoms with E-state index >= 15 is 0 Å². The maximum Gasteiger partial charge on any atom is 0.325 e. The van der Waals surface area contributed by atoms with Crippen molar-refractivity contribution in [2.24, 2.45) is 0 Å². The first-order chi connectivity index (χ1) is 13.8. The number of esters is 1. The summed E-state index contributed by atoms with van der Waals surface area (Å²) in [6, 6.07) is 8.62. The second-order valence-corrected chi connectivity index (χ2v) is 7.90. The summed E-state index contributed by atoms with van der Waals surface area (Å²) in [5.41, 5.74) is 0.514. The van der Waals surface area contributed by atoms with Crippen LogP contribution in [0, 0.1) is 0 Å². The van der Waals surface area contributed by atoms with Crippen molar-refractivity contribution in [1.29, 1.82) is 0 Å². The molecule has 2 rings (SSSR count). The number of ether oxygens (including phenoxy) is 1. The third-order valence-electron chi connectivity index (χ3n) is 4.12. The zero-order chi connectivity index (χ0) is 21.4. The van der Waals surface area contributed by atoms with E-state index in [-0.39, 0.29) is 16.2 Å². The Bertz CT molecular complexity index is 948. The number of rotatable bonds is 10. The lowest BCUT2D eigenvalue weighted by Crippen LogP contribution is -2.32. The Morgan fingerprint density at radius 1 is 1.07 bits per heavy atom. The predicted molar refractivity (Wildman–Crippen MR) is 105 cm³/mol. The lowest BCUT2D eigenvalue weighted by molar-refractivity contribution is -0.141. The highest BCUT2D eigenvalue weighted by atomic mass is 32.2. The van der Waals surface area contributed by atoms with E-state index in [0.717, 1.165) is 0 Å². The van der Waals surface area contributed by atoms with E-state index in [1.54, 1.807) is 32.2 Å². The second kappa shape index (κ2) is 9.99. The summed E-state index contributed by atoms with van der Waals surface area (Å²) in [5, 5.41) is 2.37. The normalized spacial score (nSPS) is 11.3. The fourth-order valence-electron chi connectivity index (χ4n) is 2.52. The van der Waals surface area contributed by atoms with Crippen LogP contribution < -0.4 is 5.32 Å². The molecule has 29 heavy (non-hydrogen) atoms. The minimum atomic E-state index is -3.61. The zero-order valence-corrected chi connectivity index (χ0v) is 17.0. The number of sulfonamides is 1. The first-order valence-electron chi connectivity index (χ1n) is 9.00. The number of hydrogen-bond donors (Lipinski definition) is 2. The highest BCUT2D eigenvalue weighted by molar-refractivity contribution is 7.89. The average molecular weight is 421 g/mol.